The molecule has 1 saturated carbocycles. The first-order valence-electron chi connectivity index (χ1n) is 8.67. The number of aromatic nitrogens is 2. The first kappa shape index (κ1) is 18.7. The van der Waals surface area contributed by atoms with E-state index < -0.39 is 5.54 Å². The normalized spacial score (nSPS) is 15.4. The number of anilines is 2. The number of thioether (sulfide) groups is 1. The molecule has 0 bridgehead atoms. The molecule has 2 aromatic rings. The number of carbonyl (C=O) groups is 1. The molecule has 0 unspecified atom stereocenters. The summed E-state index contributed by atoms with van der Waals surface area (Å²) in [5.74, 6) is 0.113. The number of hydrogen-bond donors (Lipinski definition) is 2. The smallest absolute Gasteiger partial charge is 0.231 e. The van der Waals surface area contributed by atoms with Gasteiger partial charge in [-0.1, -0.05) is 42.2 Å². The first-order chi connectivity index (χ1) is 12.6. The van der Waals surface area contributed by atoms with Crippen LogP contribution in [-0.2, 0) is 11.2 Å². The predicted molar refractivity (Wildman–Crippen MR) is 105 cm³/mol. The fourth-order valence-corrected chi connectivity index (χ4v) is 4.51. The monoisotopic (exact) mass is 387 g/mol. The molecular formula is C18H21N5OS2. The summed E-state index contributed by atoms with van der Waals surface area (Å²) in [4.78, 5) is 12.2. The van der Waals surface area contributed by atoms with Gasteiger partial charge in [-0.15, -0.1) is 10.2 Å². The van der Waals surface area contributed by atoms with Crippen LogP contribution in [0.3, 0.4) is 0 Å². The zero-order chi connectivity index (χ0) is 18.4. The maximum absolute atomic E-state index is 12.2. The van der Waals surface area contributed by atoms with Crippen molar-refractivity contribution in [2.75, 3.05) is 11.1 Å². The van der Waals surface area contributed by atoms with Gasteiger partial charge < -0.3 is 10.6 Å². The molecule has 1 amide bonds. The highest BCUT2D eigenvalue weighted by Gasteiger charge is 2.35. The molecule has 6 nitrogen and oxygen atoms in total. The Kier molecular flexibility index (Phi) is 6.12. The second kappa shape index (κ2) is 8.52. The first-order valence-corrected chi connectivity index (χ1v) is 10.5. The lowest BCUT2D eigenvalue weighted by Gasteiger charge is -2.21. The summed E-state index contributed by atoms with van der Waals surface area (Å²) >= 11 is 2.75. The predicted octanol–water partition coefficient (Wildman–Crippen LogP) is 3.89. The number of carbonyl (C=O) groups excluding carboxylic acids is 1. The van der Waals surface area contributed by atoms with Gasteiger partial charge in [-0.3, -0.25) is 4.79 Å². The fraction of sp³-hybridized carbons (Fsp3) is 0.444. The van der Waals surface area contributed by atoms with E-state index in [1.54, 1.807) is 0 Å². The molecule has 26 heavy (non-hydrogen) atoms. The molecule has 1 aromatic carbocycles. The van der Waals surface area contributed by atoms with E-state index in [-0.39, 0.29) is 11.7 Å². The Bertz CT molecular complexity index is 791. The lowest BCUT2D eigenvalue weighted by Crippen LogP contribution is -2.45. The summed E-state index contributed by atoms with van der Waals surface area (Å²) < 4.78 is 0.727. The van der Waals surface area contributed by atoms with Crippen molar-refractivity contribution in [2.24, 2.45) is 0 Å². The zero-order valence-electron chi connectivity index (χ0n) is 14.6. The molecule has 8 heteroatoms. The van der Waals surface area contributed by atoms with Gasteiger partial charge in [0.1, 0.15) is 5.54 Å². The van der Waals surface area contributed by atoms with Crippen LogP contribution in [0.25, 0.3) is 0 Å². The lowest BCUT2D eigenvalue weighted by molar-refractivity contribution is -0.119. The van der Waals surface area contributed by atoms with E-state index in [0.29, 0.717) is 5.13 Å². The van der Waals surface area contributed by atoms with Crippen molar-refractivity contribution in [1.29, 1.82) is 5.26 Å². The molecule has 0 atom stereocenters. The van der Waals surface area contributed by atoms with E-state index in [1.807, 2.05) is 12.1 Å². The summed E-state index contributed by atoms with van der Waals surface area (Å²) in [5, 5.41) is 24.4. The molecule has 2 N–H and O–H groups in total. The van der Waals surface area contributed by atoms with Gasteiger partial charge in [-0.25, -0.2) is 0 Å². The molecule has 0 aliphatic heterocycles. The van der Waals surface area contributed by atoms with Crippen LogP contribution < -0.4 is 10.6 Å². The van der Waals surface area contributed by atoms with Crippen LogP contribution >= 0.6 is 23.1 Å². The average molecular weight is 388 g/mol. The van der Waals surface area contributed by atoms with Crippen molar-refractivity contribution in [3.05, 3.63) is 29.8 Å². The summed E-state index contributed by atoms with van der Waals surface area (Å²) in [6.07, 6.45) is 4.47. The molecule has 0 radical (unpaired) electrons. The van der Waals surface area contributed by atoms with Crippen LogP contribution in [0.5, 0.6) is 0 Å². The summed E-state index contributed by atoms with van der Waals surface area (Å²) in [5.41, 5.74) is 1.58. The van der Waals surface area contributed by atoms with E-state index in [0.717, 1.165) is 42.1 Å². The van der Waals surface area contributed by atoms with Gasteiger partial charge >= 0.3 is 0 Å². The number of nitrogens with zero attached hydrogens (tertiary/aromatic N) is 3. The topological polar surface area (TPSA) is 90.7 Å². The number of rotatable bonds is 7. The standard InChI is InChI=1S/C18H21N5OS2/c1-2-13-5-7-14(8-6-13)20-16-22-23-17(26-16)25-11-15(24)21-18(12-19)9-3-4-10-18/h5-8H,2-4,9-11H2,1H3,(H,20,22)(H,21,24). The van der Waals surface area contributed by atoms with E-state index >= 15 is 0 Å². The Morgan fingerprint density at radius 2 is 2.04 bits per heavy atom. The third-order valence-corrected chi connectivity index (χ3v) is 6.37. The van der Waals surface area contributed by atoms with Crippen LogP contribution in [0.4, 0.5) is 10.8 Å². The Balaban J connectivity index is 1.50. The van der Waals surface area contributed by atoms with Crippen LogP contribution in [0.1, 0.15) is 38.2 Å². The lowest BCUT2D eigenvalue weighted by atomic mass is 10.0. The van der Waals surface area contributed by atoms with Crippen LogP contribution in [-0.4, -0.2) is 27.4 Å². The number of hydrogen-bond acceptors (Lipinski definition) is 7. The van der Waals surface area contributed by atoms with Crippen molar-refractivity contribution in [3.63, 3.8) is 0 Å². The van der Waals surface area contributed by atoms with Gasteiger partial charge in [0.2, 0.25) is 11.0 Å². The molecule has 136 valence electrons. The molecule has 0 spiro atoms. The number of aryl methyl sites for hydroxylation is 1. The van der Waals surface area contributed by atoms with Crippen molar-refractivity contribution in [3.8, 4) is 6.07 Å². The Labute approximate surface area is 161 Å². The van der Waals surface area contributed by atoms with Gasteiger partial charge in [0.05, 0.1) is 11.8 Å². The fourth-order valence-electron chi connectivity index (χ4n) is 2.94. The third-order valence-electron chi connectivity index (χ3n) is 4.40. The Morgan fingerprint density at radius 1 is 1.31 bits per heavy atom. The number of nitriles is 1. The molecule has 1 aromatic heterocycles. The molecule has 1 aliphatic rings. The Morgan fingerprint density at radius 3 is 2.69 bits per heavy atom. The van der Waals surface area contributed by atoms with Gasteiger partial charge in [0.15, 0.2) is 4.34 Å². The van der Waals surface area contributed by atoms with Crippen molar-refractivity contribution < 1.29 is 4.79 Å². The maximum Gasteiger partial charge on any atom is 0.231 e. The molecule has 1 aliphatic carbocycles. The minimum absolute atomic E-state index is 0.127. The Hall–Kier alpha value is -2.11. The van der Waals surface area contributed by atoms with Crippen molar-refractivity contribution in [2.45, 2.75) is 48.9 Å². The molecule has 0 saturated heterocycles. The van der Waals surface area contributed by atoms with E-state index in [9.17, 15) is 10.1 Å². The molecular weight excluding hydrogens is 366 g/mol. The molecule has 3 rings (SSSR count). The largest absolute Gasteiger partial charge is 0.337 e. The highest BCUT2D eigenvalue weighted by Crippen LogP contribution is 2.30. The van der Waals surface area contributed by atoms with Gasteiger partial charge in [0, 0.05) is 5.69 Å². The minimum Gasteiger partial charge on any atom is -0.337 e. The van der Waals surface area contributed by atoms with E-state index in [2.05, 4.69) is 46.0 Å². The third kappa shape index (κ3) is 4.74. The van der Waals surface area contributed by atoms with Crippen molar-refractivity contribution >= 4 is 39.8 Å². The SMILES string of the molecule is CCc1ccc(Nc2nnc(SCC(=O)NC3(C#N)CCCC3)s2)cc1. The van der Waals surface area contributed by atoms with E-state index in [1.165, 1.54) is 28.7 Å². The average Bonchev–Trinajstić information content (AvgIpc) is 3.31. The zero-order valence-corrected chi connectivity index (χ0v) is 16.3. The number of amides is 1. The summed E-state index contributed by atoms with van der Waals surface area (Å²) in [7, 11) is 0. The molecule has 1 heterocycles. The van der Waals surface area contributed by atoms with Gasteiger partial charge in [-0.2, -0.15) is 5.26 Å². The van der Waals surface area contributed by atoms with Crippen molar-refractivity contribution in [1.82, 2.24) is 15.5 Å². The second-order valence-corrected chi connectivity index (χ2v) is 8.49. The van der Waals surface area contributed by atoms with Gasteiger partial charge in [-0.05, 0) is 49.8 Å². The summed E-state index contributed by atoms with van der Waals surface area (Å²) in [6.45, 7) is 2.12. The van der Waals surface area contributed by atoms with Crippen LogP contribution in [0.15, 0.2) is 28.6 Å². The highest BCUT2D eigenvalue weighted by atomic mass is 32.2. The van der Waals surface area contributed by atoms with Crippen LogP contribution in [0.2, 0.25) is 0 Å². The van der Waals surface area contributed by atoms with Gasteiger partial charge in [0.25, 0.3) is 0 Å². The number of benzene rings is 1. The maximum atomic E-state index is 12.2. The molecule has 1 fully saturated rings. The quantitative estimate of drug-likeness (QED) is 0.701. The minimum atomic E-state index is -0.670. The van der Waals surface area contributed by atoms with Crippen LogP contribution in [0, 0.1) is 11.3 Å². The highest BCUT2D eigenvalue weighted by molar-refractivity contribution is 8.01. The van der Waals surface area contributed by atoms with E-state index in [4.69, 9.17) is 0 Å². The summed E-state index contributed by atoms with van der Waals surface area (Å²) in [6, 6.07) is 10.5. The number of nitrogens with one attached hydrogen (secondary N) is 2. The second-order valence-electron chi connectivity index (χ2n) is 6.29.